The summed E-state index contributed by atoms with van der Waals surface area (Å²) in [7, 11) is 0. The number of hydrogen-bond donors (Lipinski definition) is 1. The number of pyridine rings is 1. The number of halogens is 4. The first-order valence-corrected chi connectivity index (χ1v) is 10.3. The van der Waals surface area contributed by atoms with Crippen LogP contribution in [0, 0.1) is 5.82 Å². The van der Waals surface area contributed by atoms with Crippen LogP contribution in [0.1, 0.15) is 17.7 Å². The summed E-state index contributed by atoms with van der Waals surface area (Å²) in [6.07, 6.45) is -2.74. The molecule has 0 spiro atoms. The van der Waals surface area contributed by atoms with Gasteiger partial charge in [-0.15, -0.1) is 0 Å². The summed E-state index contributed by atoms with van der Waals surface area (Å²) in [6, 6.07) is 11.4. The zero-order chi connectivity index (χ0) is 22.0. The van der Waals surface area contributed by atoms with Crippen molar-refractivity contribution in [2.75, 3.05) is 37.6 Å². The minimum absolute atomic E-state index is 0.280. The van der Waals surface area contributed by atoms with Gasteiger partial charge in [0.2, 0.25) is 0 Å². The van der Waals surface area contributed by atoms with Crippen molar-refractivity contribution < 1.29 is 17.6 Å². The Labute approximate surface area is 177 Å². The normalized spacial score (nSPS) is 15.5. The highest BCUT2D eigenvalue weighted by Gasteiger charge is 2.30. The molecule has 0 saturated carbocycles. The Balaban J connectivity index is 1.27. The van der Waals surface area contributed by atoms with Crippen molar-refractivity contribution in [2.24, 2.45) is 0 Å². The number of H-pyrrole nitrogens is 1. The Kier molecular flexibility index (Phi) is 6.00. The van der Waals surface area contributed by atoms with E-state index in [2.05, 4.69) is 14.8 Å². The predicted octanol–water partition coefficient (Wildman–Crippen LogP) is 4.44. The van der Waals surface area contributed by atoms with Gasteiger partial charge in [0, 0.05) is 42.9 Å². The minimum Gasteiger partial charge on any atom is -0.369 e. The fourth-order valence-electron chi connectivity index (χ4n) is 4.01. The number of nitrogens with one attached hydrogen (secondary N) is 1. The monoisotopic (exact) mass is 433 g/mol. The van der Waals surface area contributed by atoms with Crippen molar-refractivity contribution >= 4 is 16.5 Å². The van der Waals surface area contributed by atoms with Crippen molar-refractivity contribution in [1.82, 2.24) is 9.88 Å². The fourth-order valence-corrected chi connectivity index (χ4v) is 4.01. The van der Waals surface area contributed by atoms with E-state index in [1.807, 2.05) is 6.07 Å². The molecule has 8 heteroatoms. The van der Waals surface area contributed by atoms with E-state index in [0.717, 1.165) is 68.0 Å². The van der Waals surface area contributed by atoms with Gasteiger partial charge in [-0.05, 0) is 67.2 Å². The third-order valence-electron chi connectivity index (χ3n) is 5.72. The summed E-state index contributed by atoms with van der Waals surface area (Å²) in [5.41, 5.74) is 0.717. The lowest BCUT2D eigenvalue weighted by atomic mass is 10.1. The number of benzene rings is 2. The van der Waals surface area contributed by atoms with Gasteiger partial charge in [-0.25, -0.2) is 4.39 Å². The second-order valence-electron chi connectivity index (χ2n) is 7.83. The molecule has 0 aliphatic carbocycles. The maximum atomic E-state index is 13.3. The van der Waals surface area contributed by atoms with Crippen LogP contribution in [0.5, 0.6) is 0 Å². The smallest absolute Gasteiger partial charge is 0.369 e. The lowest BCUT2D eigenvalue weighted by Crippen LogP contribution is -2.46. The van der Waals surface area contributed by atoms with Crippen LogP contribution in [0.3, 0.4) is 0 Å². The first-order chi connectivity index (χ1) is 14.8. The lowest BCUT2D eigenvalue weighted by Gasteiger charge is -2.36. The minimum atomic E-state index is -4.32. The molecule has 1 fully saturated rings. The molecule has 3 aromatic rings. The number of alkyl halides is 3. The Morgan fingerprint density at radius 1 is 0.935 bits per heavy atom. The third-order valence-corrected chi connectivity index (χ3v) is 5.72. The summed E-state index contributed by atoms with van der Waals surface area (Å²) in [5, 5.41) is 1.08. The van der Waals surface area contributed by atoms with Gasteiger partial charge in [-0.3, -0.25) is 9.69 Å². The molecule has 1 aliphatic rings. The molecule has 1 aromatic heterocycles. The van der Waals surface area contributed by atoms with Gasteiger partial charge in [0.1, 0.15) is 5.82 Å². The number of aryl methyl sites for hydroxylation is 1. The Morgan fingerprint density at radius 3 is 2.32 bits per heavy atom. The zero-order valence-corrected chi connectivity index (χ0v) is 16.9. The van der Waals surface area contributed by atoms with Crippen LogP contribution in [0.2, 0.25) is 0 Å². The molecule has 0 unspecified atom stereocenters. The van der Waals surface area contributed by atoms with Gasteiger partial charge in [0.15, 0.2) is 0 Å². The average molecular weight is 433 g/mol. The van der Waals surface area contributed by atoms with Crippen LogP contribution in [0.25, 0.3) is 10.8 Å². The van der Waals surface area contributed by atoms with Crippen LogP contribution in [-0.2, 0) is 12.6 Å². The Morgan fingerprint density at radius 2 is 1.65 bits per heavy atom. The molecule has 0 bridgehead atoms. The maximum Gasteiger partial charge on any atom is 0.416 e. The SMILES string of the molecule is O=c1[nH]c(CCCN2CCN(c3ccc(C(F)(F)F)cc3)CC2)cc2ccc(F)cc12. The first-order valence-electron chi connectivity index (χ1n) is 10.3. The summed E-state index contributed by atoms with van der Waals surface area (Å²) in [6.45, 7) is 4.03. The topological polar surface area (TPSA) is 39.3 Å². The van der Waals surface area contributed by atoms with Crippen molar-refractivity contribution in [3.63, 3.8) is 0 Å². The molecular formula is C23H23F4N3O. The van der Waals surface area contributed by atoms with Crippen molar-refractivity contribution in [1.29, 1.82) is 0 Å². The molecule has 1 saturated heterocycles. The molecule has 1 aliphatic heterocycles. The molecular weight excluding hydrogens is 410 g/mol. The number of nitrogens with zero attached hydrogens (tertiary/aromatic N) is 2. The highest BCUT2D eigenvalue weighted by atomic mass is 19.4. The largest absolute Gasteiger partial charge is 0.416 e. The number of aromatic amines is 1. The van der Waals surface area contributed by atoms with Crippen molar-refractivity contribution in [3.8, 4) is 0 Å². The molecule has 31 heavy (non-hydrogen) atoms. The van der Waals surface area contributed by atoms with E-state index in [1.54, 1.807) is 6.07 Å². The second-order valence-corrected chi connectivity index (χ2v) is 7.83. The predicted molar refractivity (Wildman–Crippen MR) is 113 cm³/mol. The summed E-state index contributed by atoms with van der Waals surface area (Å²) < 4.78 is 51.5. The molecule has 1 N–H and O–H groups in total. The van der Waals surface area contributed by atoms with Crippen molar-refractivity contribution in [3.05, 3.63) is 76.0 Å². The van der Waals surface area contributed by atoms with Crippen LogP contribution in [-0.4, -0.2) is 42.6 Å². The summed E-state index contributed by atoms with van der Waals surface area (Å²) in [5.74, 6) is -0.429. The number of anilines is 1. The first kappa shape index (κ1) is 21.4. The molecule has 0 amide bonds. The van der Waals surface area contributed by atoms with Gasteiger partial charge in [-0.2, -0.15) is 13.2 Å². The summed E-state index contributed by atoms with van der Waals surface area (Å²) in [4.78, 5) is 19.4. The molecule has 4 nitrogen and oxygen atoms in total. The van der Waals surface area contributed by atoms with E-state index in [-0.39, 0.29) is 5.56 Å². The van der Waals surface area contributed by atoms with Crippen LogP contribution in [0.4, 0.5) is 23.2 Å². The van der Waals surface area contributed by atoms with Gasteiger partial charge >= 0.3 is 6.18 Å². The van der Waals surface area contributed by atoms with E-state index in [1.165, 1.54) is 24.3 Å². The van der Waals surface area contributed by atoms with E-state index >= 15 is 0 Å². The highest BCUT2D eigenvalue weighted by molar-refractivity contribution is 5.81. The van der Waals surface area contributed by atoms with E-state index in [0.29, 0.717) is 11.8 Å². The number of hydrogen-bond acceptors (Lipinski definition) is 3. The average Bonchev–Trinajstić information content (AvgIpc) is 2.74. The van der Waals surface area contributed by atoms with Crippen LogP contribution < -0.4 is 10.5 Å². The number of piperazine rings is 1. The zero-order valence-electron chi connectivity index (χ0n) is 16.9. The number of fused-ring (bicyclic) bond motifs is 1. The van der Waals surface area contributed by atoms with Crippen LogP contribution >= 0.6 is 0 Å². The van der Waals surface area contributed by atoms with E-state index < -0.39 is 17.6 Å². The Bertz CT molecular complexity index is 1100. The van der Waals surface area contributed by atoms with E-state index in [9.17, 15) is 22.4 Å². The Hall–Kier alpha value is -2.87. The standard InChI is InChI=1S/C23H23F4N3O/c24-18-6-3-16-14-19(28-22(31)21(16)15-18)2-1-9-29-10-12-30(13-11-29)20-7-4-17(5-8-20)23(25,26)27/h3-8,14-15H,1-2,9-13H2,(H,28,31). The van der Waals surface area contributed by atoms with Gasteiger partial charge < -0.3 is 9.88 Å². The summed E-state index contributed by atoms with van der Waals surface area (Å²) >= 11 is 0. The van der Waals surface area contributed by atoms with Crippen LogP contribution in [0.15, 0.2) is 53.3 Å². The van der Waals surface area contributed by atoms with Gasteiger partial charge in [-0.1, -0.05) is 6.07 Å². The van der Waals surface area contributed by atoms with Crippen molar-refractivity contribution in [2.45, 2.75) is 19.0 Å². The molecule has 2 heterocycles. The molecule has 0 atom stereocenters. The molecule has 164 valence electrons. The number of rotatable bonds is 5. The lowest BCUT2D eigenvalue weighted by molar-refractivity contribution is -0.137. The number of aromatic nitrogens is 1. The van der Waals surface area contributed by atoms with E-state index in [4.69, 9.17) is 0 Å². The third kappa shape index (κ3) is 5.07. The van der Waals surface area contributed by atoms with Gasteiger partial charge in [0.05, 0.1) is 5.56 Å². The maximum absolute atomic E-state index is 13.3. The molecule has 0 radical (unpaired) electrons. The second kappa shape index (κ2) is 8.70. The quantitative estimate of drug-likeness (QED) is 0.605. The molecule has 4 rings (SSSR count). The fraction of sp³-hybridized carbons (Fsp3) is 0.348. The van der Waals surface area contributed by atoms with Gasteiger partial charge in [0.25, 0.3) is 5.56 Å². The molecule has 2 aromatic carbocycles. The highest BCUT2D eigenvalue weighted by Crippen LogP contribution is 2.30.